The van der Waals surface area contributed by atoms with Gasteiger partial charge in [0.25, 0.3) is 0 Å². The van der Waals surface area contributed by atoms with Crippen molar-refractivity contribution in [1.82, 2.24) is 15.0 Å². The van der Waals surface area contributed by atoms with Crippen molar-refractivity contribution in [3.8, 4) is 22.4 Å². The molecule has 0 atom stereocenters. The highest BCUT2D eigenvalue weighted by molar-refractivity contribution is 5.91. The lowest BCUT2D eigenvalue weighted by Crippen LogP contribution is -1.92. The van der Waals surface area contributed by atoms with Crippen LogP contribution < -0.4 is 0 Å². The Labute approximate surface area is 128 Å². The molecule has 0 unspecified atom stereocenters. The van der Waals surface area contributed by atoms with E-state index in [0.29, 0.717) is 0 Å². The van der Waals surface area contributed by atoms with Gasteiger partial charge in [-0.2, -0.15) is 0 Å². The van der Waals surface area contributed by atoms with E-state index < -0.39 is 0 Å². The molecule has 3 heterocycles. The van der Waals surface area contributed by atoms with Gasteiger partial charge in [0.1, 0.15) is 0 Å². The van der Waals surface area contributed by atoms with Crippen LogP contribution in [-0.2, 0) is 0 Å². The van der Waals surface area contributed by atoms with Crippen LogP contribution in [0, 0.1) is 0 Å². The third-order valence-electron chi connectivity index (χ3n) is 3.66. The number of pyridine rings is 3. The van der Waals surface area contributed by atoms with Crippen molar-refractivity contribution >= 4 is 10.9 Å². The molecule has 104 valence electrons. The number of rotatable bonds is 2. The summed E-state index contributed by atoms with van der Waals surface area (Å²) < 4.78 is 0. The van der Waals surface area contributed by atoms with Gasteiger partial charge in [0.15, 0.2) is 0 Å². The average Bonchev–Trinajstić information content (AvgIpc) is 2.62. The topological polar surface area (TPSA) is 38.7 Å². The second kappa shape index (κ2) is 5.37. The van der Waals surface area contributed by atoms with Crippen LogP contribution in [0.25, 0.3) is 33.3 Å². The SMILES string of the molecule is c1ccc(-c2cc3ccncc3nc2-c2ccncc2)cc1. The van der Waals surface area contributed by atoms with Gasteiger partial charge in [0.05, 0.1) is 17.4 Å². The predicted molar refractivity (Wildman–Crippen MR) is 88.2 cm³/mol. The van der Waals surface area contributed by atoms with Gasteiger partial charge in [0.2, 0.25) is 0 Å². The number of fused-ring (bicyclic) bond motifs is 1. The molecule has 0 fully saturated rings. The number of benzene rings is 1. The van der Waals surface area contributed by atoms with Crippen molar-refractivity contribution in [2.45, 2.75) is 0 Å². The van der Waals surface area contributed by atoms with Crippen LogP contribution in [0.1, 0.15) is 0 Å². The highest BCUT2D eigenvalue weighted by Gasteiger charge is 2.11. The van der Waals surface area contributed by atoms with Crippen molar-refractivity contribution < 1.29 is 0 Å². The number of hydrogen-bond acceptors (Lipinski definition) is 3. The largest absolute Gasteiger partial charge is 0.265 e. The monoisotopic (exact) mass is 283 g/mol. The van der Waals surface area contributed by atoms with Crippen molar-refractivity contribution in [3.05, 3.63) is 79.4 Å². The zero-order valence-corrected chi connectivity index (χ0v) is 11.8. The highest BCUT2D eigenvalue weighted by Crippen LogP contribution is 2.32. The highest BCUT2D eigenvalue weighted by atomic mass is 14.7. The maximum absolute atomic E-state index is 4.83. The molecule has 3 aromatic heterocycles. The molecule has 22 heavy (non-hydrogen) atoms. The Morgan fingerprint density at radius 1 is 0.682 bits per heavy atom. The molecule has 0 aliphatic rings. The first kappa shape index (κ1) is 12.7. The minimum Gasteiger partial charge on any atom is -0.265 e. The van der Waals surface area contributed by atoms with E-state index in [2.05, 4.69) is 28.2 Å². The van der Waals surface area contributed by atoms with Gasteiger partial charge in [0, 0.05) is 35.1 Å². The summed E-state index contributed by atoms with van der Waals surface area (Å²) in [5.41, 5.74) is 5.17. The Hall–Kier alpha value is -3.07. The van der Waals surface area contributed by atoms with Crippen LogP contribution in [0.3, 0.4) is 0 Å². The maximum Gasteiger partial charge on any atom is 0.0893 e. The summed E-state index contributed by atoms with van der Waals surface area (Å²) in [5, 5.41) is 1.09. The molecule has 4 rings (SSSR count). The molecule has 0 aliphatic heterocycles. The normalized spacial score (nSPS) is 10.7. The summed E-state index contributed by atoms with van der Waals surface area (Å²) in [5.74, 6) is 0. The van der Waals surface area contributed by atoms with Gasteiger partial charge in [-0.15, -0.1) is 0 Å². The van der Waals surface area contributed by atoms with Gasteiger partial charge in [-0.1, -0.05) is 30.3 Å². The maximum atomic E-state index is 4.83. The van der Waals surface area contributed by atoms with Crippen LogP contribution in [0.4, 0.5) is 0 Å². The first-order valence-electron chi connectivity index (χ1n) is 7.12. The van der Waals surface area contributed by atoms with E-state index in [1.165, 1.54) is 0 Å². The summed E-state index contributed by atoms with van der Waals surface area (Å²) in [4.78, 5) is 13.1. The fourth-order valence-electron chi connectivity index (χ4n) is 2.58. The lowest BCUT2D eigenvalue weighted by atomic mass is 9.98. The summed E-state index contributed by atoms with van der Waals surface area (Å²) in [6, 6.07) is 18.5. The molecule has 3 nitrogen and oxygen atoms in total. The Kier molecular flexibility index (Phi) is 3.09. The van der Waals surface area contributed by atoms with Crippen LogP contribution in [0.5, 0.6) is 0 Å². The first-order chi connectivity index (χ1) is 10.9. The summed E-state index contributed by atoms with van der Waals surface area (Å²) >= 11 is 0. The third-order valence-corrected chi connectivity index (χ3v) is 3.66. The average molecular weight is 283 g/mol. The molecule has 0 saturated carbocycles. The van der Waals surface area contributed by atoms with E-state index in [1.54, 1.807) is 24.8 Å². The smallest absolute Gasteiger partial charge is 0.0893 e. The molecule has 0 saturated heterocycles. The van der Waals surface area contributed by atoms with Crippen molar-refractivity contribution in [3.63, 3.8) is 0 Å². The molecule has 0 N–H and O–H groups in total. The first-order valence-corrected chi connectivity index (χ1v) is 7.12. The van der Waals surface area contributed by atoms with E-state index in [0.717, 1.165) is 33.3 Å². The van der Waals surface area contributed by atoms with Crippen molar-refractivity contribution in [1.29, 1.82) is 0 Å². The van der Waals surface area contributed by atoms with Crippen LogP contribution in [0.15, 0.2) is 79.4 Å². The van der Waals surface area contributed by atoms with Crippen molar-refractivity contribution in [2.75, 3.05) is 0 Å². The Morgan fingerprint density at radius 2 is 1.45 bits per heavy atom. The second-order valence-corrected chi connectivity index (χ2v) is 5.05. The van der Waals surface area contributed by atoms with Crippen LogP contribution >= 0.6 is 0 Å². The van der Waals surface area contributed by atoms with E-state index >= 15 is 0 Å². The molecule has 3 heteroatoms. The molecule has 0 spiro atoms. The number of nitrogens with zero attached hydrogens (tertiary/aromatic N) is 3. The summed E-state index contributed by atoms with van der Waals surface area (Å²) in [7, 11) is 0. The van der Waals surface area contributed by atoms with Crippen LogP contribution in [-0.4, -0.2) is 15.0 Å². The second-order valence-electron chi connectivity index (χ2n) is 5.05. The number of hydrogen-bond donors (Lipinski definition) is 0. The zero-order valence-electron chi connectivity index (χ0n) is 11.8. The standard InChI is InChI=1S/C19H13N3/c1-2-4-14(5-3-1)17-12-16-8-11-21-13-18(16)22-19(17)15-6-9-20-10-7-15/h1-13H. The van der Waals surface area contributed by atoms with Gasteiger partial charge < -0.3 is 0 Å². The van der Waals surface area contributed by atoms with E-state index in [9.17, 15) is 0 Å². The van der Waals surface area contributed by atoms with Gasteiger partial charge in [-0.3, -0.25) is 9.97 Å². The molecule has 0 radical (unpaired) electrons. The van der Waals surface area contributed by atoms with Gasteiger partial charge in [-0.25, -0.2) is 4.98 Å². The lowest BCUT2D eigenvalue weighted by Gasteiger charge is -2.11. The van der Waals surface area contributed by atoms with Crippen LogP contribution in [0.2, 0.25) is 0 Å². The predicted octanol–water partition coefficient (Wildman–Crippen LogP) is 4.36. The van der Waals surface area contributed by atoms with E-state index in [1.807, 2.05) is 36.4 Å². The Morgan fingerprint density at radius 3 is 2.27 bits per heavy atom. The molecule has 0 aliphatic carbocycles. The zero-order chi connectivity index (χ0) is 14.8. The molecule has 1 aromatic carbocycles. The van der Waals surface area contributed by atoms with E-state index in [-0.39, 0.29) is 0 Å². The van der Waals surface area contributed by atoms with E-state index in [4.69, 9.17) is 4.98 Å². The van der Waals surface area contributed by atoms with Gasteiger partial charge in [-0.05, 0) is 29.8 Å². The summed E-state index contributed by atoms with van der Waals surface area (Å²) in [6.45, 7) is 0. The minimum atomic E-state index is 0.897. The van der Waals surface area contributed by atoms with Gasteiger partial charge >= 0.3 is 0 Å². The molecule has 0 amide bonds. The molecule has 4 aromatic rings. The number of aromatic nitrogens is 3. The fraction of sp³-hybridized carbons (Fsp3) is 0. The lowest BCUT2D eigenvalue weighted by molar-refractivity contribution is 1.29. The minimum absolute atomic E-state index is 0.897. The molecule has 0 bridgehead atoms. The quantitative estimate of drug-likeness (QED) is 0.548. The Balaban J connectivity index is 2.04. The van der Waals surface area contributed by atoms with Crippen molar-refractivity contribution in [2.24, 2.45) is 0 Å². The fourth-order valence-corrected chi connectivity index (χ4v) is 2.58. The molecular weight excluding hydrogens is 270 g/mol. The third kappa shape index (κ3) is 2.23. The molecular formula is C19H13N3. The summed E-state index contributed by atoms with van der Waals surface area (Å²) in [6.07, 6.45) is 7.18. The Bertz CT molecular complexity index is 841.